The Balaban J connectivity index is 1.91. The summed E-state index contributed by atoms with van der Waals surface area (Å²) in [7, 11) is -4.33. The van der Waals surface area contributed by atoms with Crippen molar-refractivity contribution in [1.29, 1.82) is 0 Å². The average molecular weight is 999 g/mol. The number of ether oxygens (including phenoxy) is 5. The van der Waals surface area contributed by atoms with Crippen molar-refractivity contribution in [3.8, 4) is 0 Å². The monoisotopic (exact) mass is 999 g/mol. The highest BCUT2D eigenvalue weighted by molar-refractivity contribution is 7.97. The number of nitrogens with one attached hydrogen (secondary N) is 2. The highest BCUT2D eigenvalue weighted by atomic mass is 32.2. The normalized spacial score (nSPS) is 15.3. The van der Waals surface area contributed by atoms with Gasteiger partial charge in [-0.15, -0.1) is 0 Å². The third-order valence-electron chi connectivity index (χ3n) is 11.3. The highest BCUT2D eigenvalue weighted by Crippen LogP contribution is 2.43. The SMILES string of the molecule is CCCCCCCCCCCCCCCCCC(=O)OCCCOP(=O)(O)OCCNC(=O)OCCOCCOCCOCCSNC(=O)/C=C(C)/C=C/C=C(C)/C=C/C1=C(C)CCCC1(C)C. The number of allylic oxidation sites excluding steroid dienone is 9. The van der Waals surface area contributed by atoms with Gasteiger partial charge in [0.2, 0.25) is 0 Å². The molecule has 0 aliphatic heterocycles. The summed E-state index contributed by atoms with van der Waals surface area (Å²) in [6, 6.07) is 0. The molecule has 0 aromatic carbocycles. The lowest BCUT2D eigenvalue weighted by Gasteiger charge is -2.32. The zero-order chi connectivity index (χ0) is 50.0. The van der Waals surface area contributed by atoms with Crippen LogP contribution in [-0.4, -0.2) is 101 Å². The first-order chi connectivity index (χ1) is 32.8. The summed E-state index contributed by atoms with van der Waals surface area (Å²) in [5, 5.41) is 2.41. The number of phosphoric acid groups is 1. The van der Waals surface area contributed by atoms with Crippen molar-refractivity contribution in [1.82, 2.24) is 10.0 Å². The van der Waals surface area contributed by atoms with Gasteiger partial charge in [0.15, 0.2) is 0 Å². The molecule has 1 atom stereocenters. The maximum Gasteiger partial charge on any atom is 0.472 e. The summed E-state index contributed by atoms with van der Waals surface area (Å²) in [5.41, 5.74) is 5.14. The lowest BCUT2D eigenvalue weighted by molar-refractivity contribution is -0.144. The molecule has 1 aliphatic carbocycles. The molecule has 16 heteroatoms. The Labute approximate surface area is 415 Å². The quantitative estimate of drug-likeness (QED) is 0.0131. The molecule has 2 amide bonds. The van der Waals surface area contributed by atoms with E-state index in [4.69, 9.17) is 32.7 Å². The summed E-state index contributed by atoms with van der Waals surface area (Å²) < 4.78 is 51.3. The van der Waals surface area contributed by atoms with Crippen molar-refractivity contribution in [3.63, 3.8) is 0 Å². The Morgan fingerprint density at radius 2 is 1.28 bits per heavy atom. The Hall–Kier alpha value is -2.75. The van der Waals surface area contributed by atoms with Crippen LogP contribution < -0.4 is 10.0 Å². The maximum absolute atomic E-state index is 12.2. The predicted octanol–water partition coefficient (Wildman–Crippen LogP) is 12.4. The molecule has 14 nitrogen and oxygen atoms in total. The van der Waals surface area contributed by atoms with Crippen LogP contribution in [0, 0.1) is 5.41 Å². The number of phosphoric ester groups is 1. The van der Waals surface area contributed by atoms with Gasteiger partial charge >= 0.3 is 19.9 Å². The first kappa shape index (κ1) is 63.3. The highest BCUT2D eigenvalue weighted by Gasteiger charge is 2.26. The molecule has 0 bridgehead atoms. The van der Waals surface area contributed by atoms with Crippen LogP contribution in [0.3, 0.4) is 0 Å². The molecule has 0 aromatic heterocycles. The van der Waals surface area contributed by atoms with Gasteiger partial charge in [0.05, 0.1) is 59.5 Å². The summed E-state index contributed by atoms with van der Waals surface area (Å²) in [6.07, 6.45) is 34.4. The number of hydrogen-bond acceptors (Lipinski definition) is 12. The third kappa shape index (κ3) is 38.1. The van der Waals surface area contributed by atoms with Crippen LogP contribution in [0.5, 0.6) is 0 Å². The number of carbonyl (C=O) groups excluding carboxylic acids is 3. The fraction of sp³-hybridized carbons (Fsp3) is 0.750. The van der Waals surface area contributed by atoms with Crippen molar-refractivity contribution in [3.05, 3.63) is 58.7 Å². The summed E-state index contributed by atoms with van der Waals surface area (Å²) in [4.78, 5) is 45.9. The molecule has 0 radical (unpaired) electrons. The second-order valence-electron chi connectivity index (χ2n) is 18.0. The van der Waals surface area contributed by atoms with Crippen molar-refractivity contribution in [2.75, 3.05) is 78.4 Å². The van der Waals surface area contributed by atoms with Crippen molar-refractivity contribution in [2.45, 2.75) is 170 Å². The number of unbranched alkanes of at least 4 members (excludes halogenated alkanes) is 14. The molecule has 0 saturated carbocycles. The van der Waals surface area contributed by atoms with Gasteiger partial charge in [-0.2, -0.15) is 0 Å². The van der Waals surface area contributed by atoms with E-state index in [1.807, 2.05) is 25.2 Å². The number of hydrogen-bond donors (Lipinski definition) is 3. The van der Waals surface area contributed by atoms with Gasteiger partial charge in [-0.25, -0.2) is 9.36 Å². The minimum atomic E-state index is -4.33. The third-order valence-corrected chi connectivity index (χ3v) is 13.0. The van der Waals surface area contributed by atoms with Crippen LogP contribution in [0.25, 0.3) is 0 Å². The first-order valence-corrected chi connectivity index (χ1v) is 28.0. The van der Waals surface area contributed by atoms with E-state index in [0.717, 1.165) is 30.4 Å². The Morgan fingerprint density at radius 3 is 1.90 bits per heavy atom. The fourth-order valence-electron chi connectivity index (χ4n) is 7.41. The Kier molecular flexibility index (Phi) is 39.1. The Morgan fingerprint density at radius 1 is 0.706 bits per heavy atom. The molecule has 1 unspecified atom stereocenters. The van der Waals surface area contributed by atoms with E-state index < -0.39 is 13.9 Å². The van der Waals surface area contributed by atoms with Gasteiger partial charge in [-0.1, -0.05) is 152 Å². The van der Waals surface area contributed by atoms with Crippen LogP contribution in [-0.2, 0) is 46.9 Å². The predicted molar refractivity (Wildman–Crippen MR) is 275 cm³/mol. The molecule has 0 fully saturated rings. The van der Waals surface area contributed by atoms with Crippen molar-refractivity contribution < 1.29 is 56.6 Å². The number of alkyl carbamates (subject to hydrolysis) is 1. The van der Waals surface area contributed by atoms with E-state index in [2.05, 4.69) is 56.8 Å². The molecule has 68 heavy (non-hydrogen) atoms. The topological polar surface area (TPSA) is 177 Å². The van der Waals surface area contributed by atoms with Crippen LogP contribution in [0.4, 0.5) is 4.79 Å². The molecular formula is C52H91N2O12PS. The van der Waals surface area contributed by atoms with Gasteiger partial charge in [-0.05, 0) is 75.0 Å². The Bertz CT molecular complexity index is 1560. The first-order valence-electron chi connectivity index (χ1n) is 25.5. The van der Waals surface area contributed by atoms with E-state index >= 15 is 0 Å². The van der Waals surface area contributed by atoms with E-state index in [0.29, 0.717) is 45.2 Å². The molecule has 1 aliphatic rings. The molecule has 3 N–H and O–H groups in total. The van der Waals surface area contributed by atoms with Crippen LogP contribution in [0.1, 0.15) is 170 Å². The van der Waals surface area contributed by atoms with Crippen LogP contribution in [0.15, 0.2) is 58.7 Å². The molecule has 1 rings (SSSR count). The number of rotatable bonds is 43. The van der Waals surface area contributed by atoms with E-state index in [1.165, 1.54) is 119 Å². The summed E-state index contributed by atoms with van der Waals surface area (Å²) in [5.74, 6) is 0.144. The van der Waals surface area contributed by atoms with Gasteiger partial charge in [0.25, 0.3) is 5.91 Å². The maximum atomic E-state index is 12.2. The molecule has 0 saturated heterocycles. The van der Waals surface area contributed by atoms with Crippen molar-refractivity contribution >= 4 is 37.7 Å². The van der Waals surface area contributed by atoms with E-state index in [1.54, 1.807) is 6.08 Å². The van der Waals surface area contributed by atoms with Gasteiger partial charge < -0.3 is 33.9 Å². The van der Waals surface area contributed by atoms with Crippen molar-refractivity contribution in [2.24, 2.45) is 5.41 Å². The van der Waals surface area contributed by atoms with E-state index in [9.17, 15) is 23.8 Å². The zero-order valence-corrected chi connectivity index (χ0v) is 44.6. The second kappa shape index (κ2) is 42.0. The molecule has 0 spiro atoms. The van der Waals surface area contributed by atoms with Gasteiger partial charge in [-0.3, -0.25) is 23.4 Å². The van der Waals surface area contributed by atoms with E-state index in [-0.39, 0.29) is 63.3 Å². The molecule has 392 valence electrons. The number of esters is 1. The lowest BCUT2D eigenvalue weighted by Crippen LogP contribution is -2.29. The largest absolute Gasteiger partial charge is 0.472 e. The second-order valence-corrected chi connectivity index (χ2v) is 20.4. The number of amides is 2. The fourth-order valence-corrected chi connectivity index (χ4v) is 8.68. The van der Waals surface area contributed by atoms with Gasteiger partial charge in [0.1, 0.15) is 6.61 Å². The lowest BCUT2D eigenvalue weighted by atomic mass is 9.72. The zero-order valence-electron chi connectivity index (χ0n) is 42.9. The summed E-state index contributed by atoms with van der Waals surface area (Å²) >= 11 is 1.29. The molecular weight excluding hydrogens is 908 g/mol. The molecule has 0 aromatic rings. The van der Waals surface area contributed by atoms with Crippen LogP contribution in [0.2, 0.25) is 0 Å². The standard InChI is InChI=1S/C52H91N2O12PS/c1-7-8-9-10-11-12-13-14-15-16-17-18-19-20-21-28-50(56)63-33-24-34-65-67(58,59)66-35-32-53-51(57)64-41-40-61-37-36-60-38-39-62-42-43-68-54-49(55)44-46(3)26-22-25-45(2)29-30-48-47(4)27-23-31-52(48,5)6/h22,25-26,29-30,44H,7-21,23-24,27-28,31-43H2,1-6H3,(H,53,57)(H,54,55)(H,58,59)/b26-22+,30-29+,45-25+,46-44+. The smallest absolute Gasteiger partial charge is 0.466 e. The number of carbonyl (C=O) groups is 3. The average Bonchev–Trinajstić information content (AvgIpc) is 3.28. The molecule has 0 heterocycles. The van der Waals surface area contributed by atoms with Crippen LogP contribution >= 0.6 is 19.8 Å². The minimum absolute atomic E-state index is 0.00792. The summed E-state index contributed by atoms with van der Waals surface area (Å²) in [6.45, 7) is 14.8. The minimum Gasteiger partial charge on any atom is -0.466 e. The van der Waals surface area contributed by atoms with Gasteiger partial charge in [0, 0.05) is 31.2 Å².